The lowest BCUT2D eigenvalue weighted by Gasteiger charge is -2.60. The maximum Gasteiger partial charge on any atom is 0.293 e. The first-order valence-electron chi connectivity index (χ1n) is 10.2. The SMILES string of the molecule is CC12CCC(OC=O)CC1CCC1C2CCC2(C)C(OC=O)CCC12. The molecular weight excluding hydrogens is 316 g/mol. The quantitative estimate of drug-likeness (QED) is 0.717. The summed E-state index contributed by atoms with van der Waals surface area (Å²) >= 11 is 0. The zero-order valence-corrected chi connectivity index (χ0v) is 15.6. The highest BCUT2D eigenvalue weighted by molar-refractivity contribution is 5.38. The standard InChI is InChI=1S/C21H32O4/c1-20-9-7-15(24-12-22)11-14(20)3-4-16-17-5-6-19(25-13-23)21(17,2)10-8-18(16)20/h12-19H,3-11H2,1-2H3. The molecule has 0 heterocycles. The molecule has 0 bridgehead atoms. The van der Waals surface area contributed by atoms with E-state index in [0.29, 0.717) is 30.2 Å². The van der Waals surface area contributed by atoms with Gasteiger partial charge in [0.05, 0.1) is 0 Å². The van der Waals surface area contributed by atoms with Crippen molar-refractivity contribution in [3.8, 4) is 0 Å². The summed E-state index contributed by atoms with van der Waals surface area (Å²) in [5.41, 5.74) is 0.583. The Morgan fingerprint density at radius 3 is 2.28 bits per heavy atom. The van der Waals surface area contributed by atoms with Gasteiger partial charge in [-0.2, -0.15) is 0 Å². The fourth-order valence-electron chi connectivity index (χ4n) is 7.66. The summed E-state index contributed by atoms with van der Waals surface area (Å²) in [6.07, 6.45) is 10.8. The minimum absolute atomic E-state index is 0.123. The normalized spacial score (nSPS) is 51.6. The van der Waals surface area contributed by atoms with Gasteiger partial charge in [-0.05, 0) is 86.9 Å². The van der Waals surface area contributed by atoms with Crippen molar-refractivity contribution in [2.45, 2.75) is 83.8 Å². The molecule has 0 saturated heterocycles. The number of carbonyl (C=O) groups excluding carboxylic acids is 2. The molecule has 0 N–H and O–H groups in total. The number of fused-ring (bicyclic) bond motifs is 5. The lowest BCUT2D eigenvalue weighted by molar-refractivity contribution is -0.158. The van der Waals surface area contributed by atoms with E-state index in [1.807, 2.05) is 0 Å². The van der Waals surface area contributed by atoms with Crippen LogP contribution in [0.15, 0.2) is 0 Å². The van der Waals surface area contributed by atoms with Gasteiger partial charge in [0.25, 0.3) is 12.9 Å². The second-order valence-electron chi connectivity index (χ2n) is 9.63. The van der Waals surface area contributed by atoms with E-state index >= 15 is 0 Å². The lowest BCUT2D eigenvalue weighted by atomic mass is 9.45. The zero-order chi connectivity index (χ0) is 17.7. The van der Waals surface area contributed by atoms with Gasteiger partial charge in [-0.25, -0.2) is 0 Å². The number of ether oxygens (including phenoxy) is 2. The second kappa shape index (κ2) is 6.28. The van der Waals surface area contributed by atoms with E-state index in [0.717, 1.165) is 31.1 Å². The van der Waals surface area contributed by atoms with E-state index < -0.39 is 0 Å². The fraction of sp³-hybridized carbons (Fsp3) is 0.905. The largest absolute Gasteiger partial charge is 0.465 e. The molecule has 4 heteroatoms. The van der Waals surface area contributed by atoms with Crippen molar-refractivity contribution in [3.05, 3.63) is 0 Å². The van der Waals surface area contributed by atoms with Crippen LogP contribution in [0, 0.1) is 34.5 Å². The Morgan fingerprint density at radius 1 is 0.800 bits per heavy atom. The van der Waals surface area contributed by atoms with E-state index in [1.54, 1.807) is 0 Å². The third-order valence-corrected chi connectivity index (χ3v) is 9.00. The van der Waals surface area contributed by atoms with Crippen molar-refractivity contribution in [2.24, 2.45) is 34.5 Å². The van der Waals surface area contributed by atoms with E-state index in [1.165, 1.54) is 38.5 Å². The first-order chi connectivity index (χ1) is 12.0. The Labute approximate surface area is 151 Å². The van der Waals surface area contributed by atoms with Crippen LogP contribution in [0.4, 0.5) is 0 Å². The summed E-state index contributed by atoms with van der Waals surface area (Å²) in [5.74, 6) is 2.97. The van der Waals surface area contributed by atoms with Gasteiger partial charge >= 0.3 is 0 Å². The van der Waals surface area contributed by atoms with Crippen LogP contribution in [0.2, 0.25) is 0 Å². The van der Waals surface area contributed by atoms with Crippen LogP contribution in [0.1, 0.15) is 71.6 Å². The summed E-state index contributed by atoms with van der Waals surface area (Å²) in [6, 6.07) is 0. The molecule has 0 aromatic heterocycles. The lowest BCUT2D eigenvalue weighted by Crippen LogP contribution is -2.54. The smallest absolute Gasteiger partial charge is 0.293 e. The van der Waals surface area contributed by atoms with E-state index in [9.17, 15) is 9.59 Å². The molecule has 0 amide bonds. The molecule has 4 fully saturated rings. The van der Waals surface area contributed by atoms with E-state index in [4.69, 9.17) is 9.47 Å². The number of rotatable bonds is 4. The van der Waals surface area contributed by atoms with Gasteiger partial charge in [0.15, 0.2) is 0 Å². The van der Waals surface area contributed by atoms with Gasteiger partial charge in [0.1, 0.15) is 12.2 Å². The minimum atomic E-state index is 0.123. The molecule has 0 aromatic carbocycles. The summed E-state index contributed by atoms with van der Waals surface area (Å²) in [5, 5.41) is 0. The predicted molar refractivity (Wildman–Crippen MR) is 93.6 cm³/mol. The molecular formula is C21H32O4. The molecule has 0 spiro atoms. The van der Waals surface area contributed by atoms with Crippen molar-refractivity contribution in [2.75, 3.05) is 0 Å². The molecule has 0 radical (unpaired) electrons. The number of hydrogen-bond acceptors (Lipinski definition) is 4. The van der Waals surface area contributed by atoms with Crippen molar-refractivity contribution >= 4 is 12.9 Å². The van der Waals surface area contributed by atoms with Gasteiger partial charge < -0.3 is 9.47 Å². The highest BCUT2D eigenvalue weighted by Crippen LogP contribution is 2.66. The third-order valence-electron chi connectivity index (χ3n) is 9.00. The van der Waals surface area contributed by atoms with Crippen molar-refractivity contribution < 1.29 is 19.1 Å². The Bertz CT molecular complexity index is 534. The van der Waals surface area contributed by atoms with Crippen LogP contribution in [-0.2, 0) is 19.1 Å². The molecule has 4 saturated carbocycles. The predicted octanol–water partition coefficient (Wildman–Crippen LogP) is 4.11. The Kier molecular flexibility index (Phi) is 4.36. The van der Waals surface area contributed by atoms with Crippen molar-refractivity contribution in [3.63, 3.8) is 0 Å². The summed E-state index contributed by atoms with van der Waals surface area (Å²) < 4.78 is 10.8. The van der Waals surface area contributed by atoms with Crippen LogP contribution in [-0.4, -0.2) is 25.2 Å². The Morgan fingerprint density at radius 2 is 1.52 bits per heavy atom. The van der Waals surface area contributed by atoms with Gasteiger partial charge in [0, 0.05) is 5.41 Å². The average molecular weight is 348 g/mol. The first-order valence-corrected chi connectivity index (χ1v) is 10.2. The molecule has 4 aliphatic carbocycles. The average Bonchev–Trinajstić information content (AvgIpc) is 2.93. The van der Waals surface area contributed by atoms with Gasteiger partial charge in [0.2, 0.25) is 0 Å². The molecule has 8 unspecified atom stereocenters. The van der Waals surface area contributed by atoms with Crippen LogP contribution in [0.3, 0.4) is 0 Å². The molecule has 8 atom stereocenters. The Hall–Kier alpha value is -1.06. The topological polar surface area (TPSA) is 52.6 Å². The molecule has 4 rings (SSSR count). The van der Waals surface area contributed by atoms with E-state index in [-0.39, 0.29) is 17.6 Å². The number of carbonyl (C=O) groups is 2. The van der Waals surface area contributed by atoms with Gasteiger partial charge in [-0.1, -0.05) is 13.8 Å². The van der Waals surface area contributed by atoms with Crippen LogP contribution >= 0.6 is 0 Å². The fourth-order valence-corrected chi connectivity index (χ4v) is 7.66. The molecule has 0 aromatic rings. The maximum atomic E-state index is 10.9. The van der Waals surface area contributed by atoms with Crippen molar-refractivity contribution in [1.29, 1.82) is 0 Å². The number of hydrogen-bond donors (Lipinski definition) is 0. The third kappa shape index (κ3) is 2.54. The van der Waals surface area contributed by atoms with Gasteiger partial charge in [-0.3, -0.25) is 9.59 Å². The highest BCUT2D eigenvalue weighted by Gasteiger charge is 2.60. The maximum absolute atomic E-state index is 10.9. The minimum Gasteiger partial charge on any atom is -0.465 e. The van der Waals surface area contributed by atoms with Crippen molar-refractivity contribution in [1.82, 2.24) is 0 Å². The molecule has 4 nitrogen and oxygen atoms in total. The molecule has 4 aliphatic rings. The van der Waals surface area contributed by atoms with Gasteiger partial charge in [-0.15, -0.1) is 0 Å². The summed E-state index contributed by atoms with van der Waals surface area (Å²) in [4.78, 5) is 21.7. The van der Waals surface area contributed by atoms with Crippen LogP contribution < -0.4 is 0 Å². The Balaban J connectivity index is 1.54. The molecule has 0 aliphatic heterocycles. The summed E-state index contributed by atoms with van der Waals surface area (Å²) in [6.45, 7) is 6.19. The monoisotopic (exact) mass is 348 g/mol. The molecule has 140 valence electrons. The highest BCUT2D eigenvalue weighted by atomic mass is 16.5. The van der Waals surface area contributed by atoms with Crippen LogP contribution in [0.5, 0.6) is 0 Å². The summed E-state index contributed by atoms with van der Waals surface area (Å²) in [7, 11) is 0. The second-order valence-corrected chi connectivity index (χ2v) is 9.63. The zero-order valence-electron chi connectivity index (χ0n) is 15.6. The molecule has 25 heavy (non-hydrogen) atoms. The first kappa shape index (κ1) is 17.4. The van der Waals surface area contributed by atoms with Crippen LogP contribution in [0.25, 0.3) is 0 Å². The van der Waals surface area contributed by atoms with E-state index in [2.05, 4.69) is 13.8 Å².